The molecule has 3 rings (SSSR count). The molecule has 0 aliphatic rings. The summed E-state index contributed by atoms with van der Waals surface area (Å²) in [7, 11) is 2.78. The van der Waals surface area contributed by atoms with Crippen LogP contribution < -0.4 is 4.74 Å². The van der Waals surface area contributed by atoms with Crippen molar-refractivity contribution in [2.45, 2.75) is 6.61 Å². The molecule has 0 amide bonds. The second-order valence-electron chi connectivity index (χ2n) is 6.98. The third-order valence-electron chi connectivity index (χ3n) is 4.76. The van der Waals surface area contributed by atoms with E-state index in [0.717, 1.165) is 11.1 Å². The van der Waals surface area contributed by atoms with Crippen LogP contribution in [0.15, 0.2) is 85.1 Å². The maximum Gasteiger partial charge on any atom is 0.341 e. The zero-order chi connectivity index (χ0) is 23.6. The molecule has 0 fully saturated rings. The van der Waals surface area contributed by atoms with Crippen molar-refractivity contribution in [3.63, 3.8) is 0 Å². The largest absolute Gasteiger partial charge is 0.503 e. The van der Waals surface area contributed by atoms with Gasteiger partial charge in [0.1, 0.15) is 17.9 Å². The molecular weight excluding hydrogens is 440 g/mol. The van der Waals surface area contributed by atoms with Crippen molar-refractivity contribution in [1.82, 2.24) is 0 Å². The first-order valence-corrected chi connectivity index (χ1v) is 10.5. The summed E-state index contributed by atoms with van der Waals surface area (Å²) < 4.78 is 15.8. The van der Waals surface area contributed by atoms with Gasteiger partial charge in [-0.25, -0.2) is 4.79 Å². The van der Waals surface area contributed by atoms with E-state index in [-0.39, 0.29) is 18.0 Å². The van der Waals surface area contributed by atoms with Gasteiger partial charge in [0.15, 0.2) is 5.78 Å². The van der Waals surface area contributed by atoms with Crippen LogP contribution in [0.1, 0.15) is 27.0 Å². The highest BCUT2D eigenvalue weighted by Gasteiger charge is 2.17. The number of halogens is 1. The molecule has 6 heteroatoms. The number of allylic oxidation sites excluding steroid dienone is 1. The Balaban J connectivity index is 1.74. The number of hydrogen-bond donors (Lipinski definition) is 0. The lowest BCUT2D eigenvalue weighted by molar-refractivity contribution is -0.133. The van der Waals surface area contributed by atoms with Gasteiger partial charge in [0.05, 0.1) is 20.5 Å². The van der Waals surface area contributed by atoms with E-state index in [9.17, 15) is 9.59 Å². The predicted molar refractivity (Wildman–Crippen MR) is 129 cm³/mol. The van der Waals surface area contributed by atoms with Gasteiger partial charge >= 0.3 is 5.97 Å². The zero-order valence-electron chi connectivity index (χ0n) is 18.3. The fourth-order valence-electron chi connectivity index (χ4n) is 3.10. The molecule has 3 aromatic carbocycles. The number of rotatable bonds is 9. The van der Waals surface area contributed by atoms with Crippen molar-refractivity contribution in [2.24, 2.45) is 0 Å². The van der Waals surface area contributed by atoms with E-state index in [1.54, 1.807) is 48.5 Å². The highest BCUT2D eigenvalue weighted by atomic mass is 35.5. The van der Waals surface area contributed by atoms with E-state index in [1.807, 2.05) is 30.3 Å². The predicted octanol–water partition coefficient (Wildman–Crippen LogP) is 5.98. The zero-order valence-corrected chi connectivity index (χ0v) is 19.0. The third-order valence-corrected chi connectivity index (χ3v) is 5.01. The minimum absolute atomic E-state index is 0.146. The molecule has 0 saturated carbocycles. The fourth-order valence-corrected chi connectivity index (χ4v) is 3.23. The molecule has 0 atom stereocenters. The summed E-state index contributed by atoms with van der Waals surface area (Å²) in [5.74, 6) is -0.123. The summed E-state index contributed by atoms with van der Waals surface area (Å²) in [6.07, 6.45) is 4.59. The van der Waals surface area contributed by atoms with E-state index in [0.29, 0.717) is 21.9 Å². The van der Waals surface area contributed by atoms with Crippen LogP contribution >= 0.6 is 11.6 Å². The van der Waals surface area contributed by atoms with Crippen LogP contribution in [-0.2, 0) is 20.9 Å². The number of methoxy groups -OCH3 is 2. The Kier molecular flexibility index (Phi) is 8.44. The Morgan fingerprint density at radius 2 is 1.70 bits per heavy atom. The molecule has 168 valence electrons. The van der Waals surface area contributed by atoms with Crippen LogP contribution in [0.25, 0.3) is 11.6 Å². The Hall–Kier alpha value is -3.83. The quantitative estimate of drug-likeness (QED) is 0.169. The maximum atomic E-state index is 12.6. The van der Waals surface area contributed by atoms with E-state index in [2.05, 4.69) is 0 Å². The summed E-state index contributed by atoms with van der Waals surface area (Å²) in [5, 5.41) is 0.640. The van der Waals surface area contributed by atoms with Crippen LogP contribution in [0.4, 0.5) is 0 Å². The summed E-state index contributed by atoms with van der Waals surface area (Å²) in [4.78, 5) is 24.8. The van der Waals surface area contributed by atoms with Gasteiger partial charge in [-0.3, -0.25) is 4.79 Å². The normalized spacial score (nSPS) is 11.3. The first-order chi connectivity index (χ1) is 16.0. The average molecular weight is 463 g/mol. The van der Waals surface area contributed by atoms with Gasteiger partial charge in [0.2, 0.25) is 0 Å². The standard InChI is InChI=1S/C27H23ClO5/c1-31-18-25(27(30)32-2)24-9-4-3-6-21(24)17-33-23-8-5-7-20(16-23)26(29)15-12-19-10-13-22(28)14-11-19/h3-16,18H,17H2,1-2H3/b15-12+,25-18+. The summed E-state index contributed by atoms with van der Waals surface area (Å²) in [6.45, 7) is 0.187. The molecule has 0 spiro atoms. The first kappa shape index (κ1) is 23.8. The maximum absolute atomic E-state index is 12.6. The van der Waals surface area contributed by atoms with Crippen molar-refractivity contribution >= 4 is 35.0 Å². The molecule has 0 aliphatic heterocycles. The summed E-state index contributed by atoms with van der Waals surface area (Å²) in [5.41, 5.74) is 3.08. The third kappa shape index (κ3) is 6.57. The van der Waals surface area contributed by atoms with Crippen molar-refractivity contribution in [3.05, 3.63) is 112 Å². The van der Waals surface area contributed by atoms with E-state index >= 15 is 0 Å². The molecule has 0 heterocycles. The first-order valence-electron chi connectivity index (χ1n) is 10.1. The Morgan fingerprint density at radius 1 is 0.939 bits per heavy atom. The lowest BCUT2D eigenvalue weighted by Gasteiger charge is -2.13. The second kappa shape index (κ2) is 11.7. The molecule has 0 bridgehead atoms. The molecule has 0 aliphatic carbocycles. The lowest BCUT2D eigenvalue weighted by atomic mass is 10.0. The minimum Gasteiger partial charge on any atom is -0.503 e. The van der Waals surface area contributed by atoms with Gasteiger partial charge in [-0.15, -0.1) is 0 Å². The second-order valence-corrected chi connectivity index (χ2v) is 7.42. The molecule has 33 heavy (non-hydrogen) atoms. The van der Waals surface area contributed by atoms with Gasteiger partial charge in [-0.2, -0.15) is 0 Å². The van der Waals surface area contributed by atoms with Gasteiger partial charge in [0, 0.05) is 10.6 Å². The molecule has 0 aromatic heterocycles. The number of hydrogen-bond acceptors (Lipinski definition) is 5. The molecular formula is C27H23ClO5. The van der Waals surface area contributed by atoms with Crippen molar-refractivity contribution in [1.29, 1.82) is 0 Å². The molecule has 0 saturated heterocycles. The van der Waals surface area contributed by atoms with Crippen LogP contribution in [0, 0.1) is 0 Å². The number of carbonyl (C=O) groups excluding carboxylic acids is 2. The number of ketones is 1. The number of ether oxygens (including phenoxy) is 3. The Labute approximate surface area is 197 Å². The minimum atomic E-state index is -0.510. The number of esters is 1. The monoisotopic (exact) mass is 462 g/mol. The van der Waals surface area contributed by atoms with E-state index < -0.39 is 5.97 Å². The van der Waals surface area contributed by atoms with Crippen molar-refractivity contribution < 1.29 is 23.8 Å². The summed E-state index contributed by atoms with van der Waals surface area (Å²) in [6, 6.07) is 21.5. The van der Waals surface area contributed by atoms with Gasteiger partial charge in [0.25, 0.3) is 0 Å². The molecule has 0 unspecified atom stereocenters. The number of carbonyl (C=O) groups is 2. The molecule has 3 aromatic rings. The molecule has 0 N–H and O–H groups in total. The van der Waals surface area contributed by atoms with Gasteiger partial charge in [-0.05, 0) is 47.0 Å². The SMILES string of the molecule is CO/C=C(/C(=O)OC)c1ccccc1COc1cccc(C(=O)/C=C/c2ccc(Cl)cc2)c1. The van der Waals surface area contributed by atoms with Crippen LogP contribution in [0.5, 0.6) is 5.75 Å². The van der Waals surface area contributed by atoms with E-state index in [4.69, 9.17) is 25.8 Å². The summed E-state index contributed by atoms with van der Waals surface area (Å²) >= 11 is 5.89. The number of benzene rings is 3. The smallest absolute Gasteiger partial charge is 0.341 e. The topological polar surface area (TPSA) is 61.8 Å². The Bertz CT molecular complexity index is 1180. The Morgan fingerprint density at radius 3 is 2.42 bits per heavy atom. The molecule has 5 nitrogen and oxygen atoms in total. The average Bonchev–Trinajstić information content (AvgIpc) is 2.85. The lowest BCUT2D eigenvalue weighted by Crippen LogP contribution is -2.08. The molecule has 0 radical (unpaired) electrons. The van der Waals surface area contributed by atoms with E-state index in [1.165, 1.54) is 26.6 Å². The van der Waals surface area contributed by atoms with Gasteiger partial charge < -0.3 is 14.2 Å². The van der Waals surface area contributed by atoms with Gasteiger partial charge in [-0.1, -0.05) is 66.2 Å². The highest BCUT2D eigenvalue weighted by Crippen LogP contribution is 2.23. The highest BCUT2D eigenvalue weighted by molar-refractivity contribution is 6.30. The fraction of sp³-hybridized carbons (Fsp3) is 0.111. The van der Waals surface area contributed by atoms with Crippen LogP contribution in [0.2, 0.25) is 5.02 Å². The van der Waals surface area contributed by atoms with Crippen LogP contribution in [0.3, 0.4) is 0 Å². The van der Waals surface area contributed by atoms with Crippen LogP contribution in [-0.4, -0.2) is 26.0 Å². The van der Waals surface area contributed by atoms with Crippen molar-refractivity contribution in [2.75, 3.05) is 14.2 Å². The van der Waals surface area contributed by atoms with Crippen molar-refractivity contribution in [3.8, 4) is 5.75 Å².